The fourth-order valence-electron chi connectivity index (χ4n) is 2.99. The highest BCUT2D eigenvalue weighted by molar-refractivity contribution is 5.67. The fraction of sp³-hybridized carbons (Fsp3) is 0.706. The van der Waals surface area contributed by atoms with Crippen molar-refractivity contribution in [3.63, 3.8) is 0 Å². The molecule has 0 radical (unpaired) electrons. The fourth-order valence-corrected chi connectivity index (χ4v) is 2.99. The Morgan fingerprint density at radius 2 is 2.18 bits per heavy atom. The van der Waals surface area contributed by atoms with Gasteiger partial charge in [0.2, 0.25) is 0 Å². The average Bonchev–Trinajstić information content (AvgIpc) is 3.00. The van der Waals surface area contributed by atoms with E-state index in [1.807, 2.05) is 20.8 Å². The van der Waals surface area contributed by atoms with Gasteiger partial charge in [-0.2, -0.15) is 0 Å². The van der Waals surface area contributed by atoms with E-state index in [1.54, 1.807) is 0 Å². The number of nitrogens with one attached hydrogen (secondary N) is 2. The summed E-state index contributed by atoms with van der Waals surface area (Å²) < 4.78 is 7.43. The molecule has 1 heterocycles. The van der Waals surface area contributed by atoms with E-state index >= 15 is 0 Å². The predicted octanol–water partition coefficient (Wildman–Crippen LogP) is 2.81. The molecule has 1 aromatic rings. The van der Waals surface area contributed by atoms with Crippen molar-refractivity contribution in [3.05, 3.63) is 24.0 Å². The maximum atomic E-state index is 11.8. The minimum Gasteiger partial charge on any atom is -0.444 e. The van der Waals surface area contributed by atoms with Crippen LogP contribution < -0.4 is 10.6 Å². The van der Waals surface area contributed by atoms with Gasteiger partial charge >= 0.3 is 6.09 Å². The Morgan fingerprint density at radius 3 is 2.82 bits per heavy atom. The number of aryl methyl sites for hydroxylation is 1. The quantitative estimate of drug-likeness (QED) is 0.879. The lowest BCUT2D eigenvalue weighted by atomic mass is 10.0. The van der Waals surface area contributed by atoms with Crippen LogP contribution in [0.15, 0.2) is 18.3 Å². The Morgan fingerprint density at radius 1 is 1.41 bits per heavy atom. The molecule has 5 heteroatoms. The van der Waals surface area contributed by atoms with Crippen LogP contribution in [0.25, 0.3) is 0 Å². The summed E-state index contributed by atoms with van der Waals surface area (Å²) in [5, 5.41) is 6.54. The Kier molecular flexibility index (Phi) is 5.51. The van der Waals surface area contributed by atoms with Gasteiger partial charge in [-0.3, -0.25) is 0 Å². The average molecular weight is 307 g/mol. The van der Waals surface area contributed by atoms with E-state index in [0.717, 1.165) is 13.0 Å². The third-order valence-corrected chi connectivity index (χ3v) is 4.16. The third-order valence-electron chi connectivity index (χ3n) is 4.16. The van der Waals surface area contributed by atoms with E-state index in [4.69, 9.17) is 4.74 Å². The van der Waals surface area contributed by atoms with Crippen LogP contribution in [0.4, 0.5) is 4.79 Å². The molecule has 0 bridgehead atoms. The molecule has 0 aliphatic heterocycles. The van der Waals surface area contributed by atoms with Crippen molar-refractivity contribution in [2.75, 3.05) is 6.54 Å². The second kappa shape index (κ2) is 7.18. The van der Waals surface area contributed by atoms with Gasteiger partial charge in [-0.1, -0.05) is 6.42 Å². The number of rotatable bonds is 5. The summed E-state index contributed by atoms with van der Waals surface area (Å²) in [7, 11) is 2.06. The van der Waals surface area contributed by atoms with Gasteiger partial charge in [0.15, 0.2) is 0 Å². The van der Waals surface area contributed by atoms with Crippen LogP contribution in [0.1, 0.15) is 45.7 Å². The van der Waals surface area contributed by atoms with Gasteiger partial charge in [0.05, 0.1) is 0 Å². The zero-order chi connectivity index (χ0) is 16.2. The molecule has 0 aromatic carbocycles. The highest BCUT2D eigenvalue weighted by Gasteiger charge is 2.28. The number of carbonyl (C=O) groups is 1. The van der Waals surface area contributed by atoms with Crippen LogP contribution in [-0.2, 0) is 18.3 Å². The number of hydrogen-bond donors (Lipinski definition) is 2. The minimum atomic E-state index is -0.441. The SMILES string of the molecule is Cn1cccc1CNC1CCCC1CNC(=O)OC(C)(C)C. The van der Waals surface area contributed by atoms with Crippen LogP contribution in [-0.4, -0.2) is 28.8 Å². The predicted molar refractivity (Wildman–Crippen MR) is 87.6 cm³/mol. The van der Waals surface area contributed by atoms with Gasteiger partial charge in [-0.15, -0.1) is 0 Å². The lowest BCUT2D eigenvalue weighted by molar-refractivity contribution is 0.0517. The van der Waals surface area contributed by atoms with Gasteiger partial charge in [-0.25, -0.2) is 4.79 Å². The standard InChI is InChI=1S/C17H29N3O2/c1-17(2,3)22-16(21)19-11-13-7-5-9-15(13)18-12-14-8-6-10-20(14)4/h6,8,10,13,15,18H,5,7,9,11-12H2,1-4H3,(H,19,21). The summed E-state index contributed by atoms with van der Waals surface area (Å²) in [6.07, 6.45) is 5.28. The Bertz CT molecular complexity index is 490. The van der Waals surface area contributed by atoms with E-state index in [9.17, 15) is 4.79 Å². The van der Waals surface area contributed by atoms with E-state index in [2.05, 4.69) is 40.6 Å². The first-order valence-electron chi connectivity index (χ1n) is 8.15. The molecule has 22 heavy (non-hydrogen) atoms. The first-order valence-corrected chi connectivity index (χ1v) is 8.15. The lowest BCUT2D eigenvalue weighted by Crippen LogP contribution is -2.41. The van der Waals surface area contributed by atoms with Gasteiger partial charge in [0.1, 0.15) is 5.60 Å². The zero-order valence-electron chi connectivity index (χ0n) is 14.2. The van der Waals surface area contributed by atoms with Gasteiger partial charge in [0.25, 0.3) is 0 Å². The van der Waals surface area contributed by atoms with Crippen LogP contribution in [0, 0.1) is 5.92 Å². The highest BCUT2D eigenvalue weighted by atomic mass is 16.6. The van der Waals surface area contributed by atoms with Crippen molar-refractivity contribution in [2.45, 2.75) is 58.2 Å². The number of hydrogen-bond acceptors (Lipinski definition) is 3. The monoisotopic (exact) mass is 307 g/mol. The molecule has 2 unspecified atom stereocenters. The molecule has 2 rings (SSSR count). The Labute approximate surface area is 133 Å². The van der Waals surface area contributed by atoms with Crippen molar-refractivity contribution in [1.82, 2.24) is 15.2 Å². The zero-order valence-corrected chi connectivity index (χ0v) is 14.2. The maximum Gasteiger partial charge on any atom is 0.407 e. The smallest absolute Gasteiger partial charge is 0.407 e. The molecule has 1 aliphatic rings. The van der Waals surface area contributed by atoms with Crippen LogP contribution >= 0.6 is 0 Å². The summed E-state index contributed by atoms with van der Waals surface area (Å²) in [5.41, 5.74) is 0.843. The van der Waals surface area contributed by atoms with Crippen molar-refractivity contribution in [1.29, 1.82) is 0 Å². The molecule has 2 N–H and O–H groups in total. The highest BCUT2D eigenvalue weighted by Crippen LogP contribution is 2.25. The summed E-state index contributed by atoms with van der Waals surface area (Å²) in [6.45, 7) is 7.20. The topological polar surface area (TPSA) is 55.3 Å². The van der Waals surface area contributed by atoms with Crippen molar-refractivity contribution < 1.29 is 9.53 Å². The molecule has 1 fully saturated rings. The molecule has 0 spiro atoms. The summed E-state index contributed by atoms with van der Waals surface area (Å²) >= 11 is 0. The normalized spacial score (nSPS) is 21.8. The van der Waals surface area contributed by atoms with Gasteiger partial charge in [0, 0.05) is 38.1 Å². The van der Waals surface area contributed by atoms with Crippen LogP contribution in [0.2, 0.25) is 0 Å². The number of aromatic nitrogens is 1. The second-order valence-electron chi connectivity index (χ2n) is 7.17. The Hall–Kier alpha value is -1.49. The van der Waals surface area contributed by atoms with Crippen molar-refractivity contribution >= 4 is 6.09 Å². The largest absolute Gasteiger partial charge is 0.444 e. The molecule has 124 valence electrons. The Balaban J connectivity index is 1.76. The van der Waals surface area contributed by atoms with E-state index in [-0.39, 0.29) is 6.09 Å². The van der Waals surface area contributed by atoms with Crippen LogP contribution in [0.3, 0.4) is 0 Å². The number of alkyl carbamates (subject to hydrolysis) is 1. The number of carbonyl (C=O) groups excluding carboxylic acids is 1. The number of ether oxygens (including phenoxy) is 1. The first kappa shape index (κ1) is 16.9. The molecule has 2 atom stereocenters. The van der Waals surface area contributed by atoms with E-state index < -0.39 is 5.60 Å². The van der Waals surface area contributed by atoms with Crippen molar-refractivity contribution in [3.8, 4) is 0 Å². The maximum absolute atomic E-state index is 11.8. The number of amides is 1. The van der Waals surface area contributed by atoms with Crippen molar-refractivity contribution in [2.24, 2.45) is 13.0 Å². The first-order chi connectivity index (χ1) is 10.3. The molecular formula is C17H29N3O2. The van der Waals surface area contributed by atoms with E-state index in [0.29, 0.717) is 18.5 Å². The second-order valence-corrected chi connectivity index (χ2v) is 7.17. The molecule has 5 nitrogen and oxygen atoms in total. The van der Waals surface area contributed by atoms with E-state index in [1.165, 1.54) is 18.5 Å². The van der Waals surface area contributed by atoms with Gasteiger partial charge in [-0.05, 0) is 51.7 Å². The summed E-state index contributed by atoms with van der Waals surface area (Å²) in [4.78, 5) is 11.8. The lowest BCUT2D eigenvalue weighted by Gasteiger charge is -2.24. The third kappa shape index (κ3) is 5.05. The van der Waals surface area contributed by atoms with Crippen LogP contribution in [0.5, 0.6) is 0 Å². The number of nitrogens with zero attached hydrogens (tertiary/aromatic N) is 1. The summed E-state index contributed by atoms with van der Waals surface area (Å²) in [5.74, 6) is 0.479. The van der Waals surface area contributed by atoms with Gasteiger partial charge < -0.3 is 19.9 Å². The molecular weight excluding hydrogens is 278 g/mol. The summed E-state index contributed by atoms with van der Waals surface area (Å²) in [6, 6.07) is 4.66. The molecule has 0 saturated heterocycles. The molecule has 1 saturated carbocycles. The molecule has 1 amide bonds. The molecule has 1 aliphatic carbocycles. The molecule has 1 aromatic heterocycles. The minimum absolute atomic E-state index is 0.319.